The number of rotatable bonds is 3. The Balaban J connectivity index is 2.67. The number of carbonyl (C=O) groups excluding carboxylic acids is 1. The van der Waals surface area contributed by atoms with Gasteiger partial charge in [-0.25, -0.2) is 14.8 Å². The third-order valence-electron chi connectivity index (χ3n) is 1.53. The van der Waals surface area contributed by atoms with Gasteiger partial charge in [0.2, 0.25) is 6.08 Å². The molecule has 0 saturated carbocycles. The molecule has 0 aromatic carbocycles. The Bertz CT molecular complexity index is 295. The van der Waals surface area contributed by atoms with Crippen molar-refractivity contribution in [2.75, 3.05) is 6.54 Å². The maximum Gasteiger partial charge on any atom is 0.234 e. The second-order valence-corrected chi connectivity index (χ2v) is 2.67. The molecule has 0 bridgehead atoms. The number of imidazole rings is 1. The SMILES string of the molecule is Cn1cnc(Cl)c1CCN=C=O. The van der Waals surface area contributed by atoms with Gasteiger partial charge < -0.3 is 4.57 Å². The minimum atomic E-state index is 0.406. The third kappa shape index (κ3) is 1.94. The molecule has 64 valence electrons. The van der Waals surface area contributed by atoms with Crippen molar-refractivity contribution < 1.29 is 4.79 Å². The molecule has 0 radical (unpaired) electrons. The summed E-state index contributed by atoms with van der Waals surface area (Å²) in [6, 6.07) is 0. The highest BCUT2D eigenvalue weighted by atomic mass is 35.5. The Kier molecular flexibility index (Phi) is 3.02. The van der Waals surface area contributed by atoms with Gasteiger partial charge in [0.25, 0.3) is 0 Å². The number of aryl methyl sites for hydroxylation is 1. The van der Waals surface area contributed by atoms with E-state index in [9.17, 15) is 4.79 Å². The number of hydrogen-bond donors (Lipinski definition) is 0. The summed E-state index contributed by atoms with van der Waals surface area (Å²) in [7, 11) is 1.85. The molecular weight excluding hydrogens is 178 g/mol. The van der Waals surface area contributed by atoms with Crippen LogP contribution in [-0.4, -0.2) is 22.2 Å². The van der Waals surface area contributed by atoms with Gasteiger partial charge in [-0.15, -0.1) is 0 Å². The van der Waals surface area contributed by atoms with Gasteiger partial charge in [-0.1, -0.05) is 11.6 Å². The lowest BCUT2D eigenvalue weighted by molar-refractivity contribution is 0.562. The number of aromatic nitrogens is 2. The van der Waals surface area contributed by atoms with Gasteiger partial charge in [0.05, 0.1) is 18.6 Å². The quantitative estimate of drug-likeness (QED) is 0.520. The maximum absolute atomic E-state index is 9.76. The molecule has 0 amide bonds. The molecular formula is C7H8ClN3O. The number of nitrogens with zero attached hydrogens (tertiary/aromatic N) is 3. The lowest BCUT2D eigenvalue weighted by Gasteiger charge is -1.98. The normalized spacial score (nSPS) is 9.50. The summed E-state index contributed by atoms with van der Waals surface area (Å²) in [5.74, 6) is 0. The van der Waals surface area contributed by atoms with Crippen LogP contribution in [-0.2, 0) is 18.3 Å². The van der Waals surface area contributed by atoms with E-state index in [4.69, 9.17) is 11.6 Å². The van der Waals surface area contributed by atoms with Crippen molar-refractivity contribution in [1.82, 2.24) is 9.55 Å². The van der Waals surface area contributed by atoms with Crippen LogP contribution in [0.15, 0.2) is 11.3 Å². The average molecular weight is 186 g/mol. The Morgan fingerprint density at radius 1 is 1.83 bits per heavy atom. The highest BCUT2D eigenvalue weighted by molar-refractivity contribution is 6.30. The fourth-order valence-electron chi connectivity index (χ4n) is 0.914. The van der Waals surface area contributed by atoms with Crippen molar-refractivity contribution in [2.24, 2.45) is 12.0 Å². The van der Waals surface area contributed by atoms with Crippen LogP contribution in [0.1, 0.15) is 5.69 Å². The smallest absolute Gasteiger partial charge is 0.234 e. The minimum absolute atomic E-state index is 0.406. The van der Waals surface area contributed by atoms with Crippen LogP contribution >= 0.6 is 11.6 Å². The van der Waals surface area contributed by atoms with Gasteiger partial charge in [0.15, 0.2) is 0 Å². The zero-order valence-corrected chi connectivity index (χ0v) is 7.38. The summed E-state index contributed by atoms with van der Waals surface area (Å²) in [6.07, 6.45) is 3.71. The summed E-state index contributed by atoms with van der Waals surface area (Å²) in [5, 5.41) is 0.471. The van der Waals surface area contributed by atoms with Crippen molar-refractivity contribution in [3.05, 3.63) is 17.2 Å². The molecule has 0 saturated heterocycles. The van der Waals surface area contributed by atoms with Crippen molar-refractivity contribution >= 4 is 17.7 Å². The Morgan fingerprint density at radius 3 is 3.08 bits per heavy atom. The van der Waals surface area contributed by atoms with E-state index < -0.39 is 0 Å². The van der Waals surface area contributed by atoms with Gasteiger partial charge in [-0.2, -0.15) is 0 Å². The summed E-state index contributed by atoms with van der Waals surface area (Å²) in [6.45, 7) is 0.406. The van der Waals surface area contributed by atoms with Crippen LogP contribution in [0.2, 0.25) is 5.15 Å². The number of halogens is 1. The van der Waals surface area contributed by atoms with Crippen molar-refractivity contribution in [2.45, 2.75) is 6.42 Å². The summed E-state index contributed by atoms with van der Waals surface area (Å²) in [5.41, 5.74) is 0.885. The van der Waals surface area contributed by atoms with E-state index in [0.717, 1.165) is 5.69 Å². The van der Waals surface area contributed by atoms with E-state index in [1.807, 2.05) is 11.6 Å². The molecule has 5 heteroatoms. The molecule has 0 fully saturated rings. The first-order chi connectivity index (χ1) is 5.75. The molecule has 0 atom stereocenters. The lowest BCUT2D eigenvalue weighted by atomic mass is 10.3. The zero-order chi connectivity index (χ0) is 8.97. The van der Waals surface area contributed by atoms with Crippen molar-refractivity contribution in [3.63, 3.8) is 0 Å². The fourth-order valence-corrected chi connectivity index (χ4v) is 1.19. The molecule has 0 unspecified atom stereocenters. The molecule has 1 aromatic rings. The van der Waals surface area contributed by atoms with Gasteiger partial charge in [-0.05, 0) is 0 Å². The first-order valence-electron chi connectivity index (χ1n) is 3.45. The van der Waals surface area contributed by atoms with Gasteiger partial charge in [0, 0.05) is 13.5 Å². The fraction of sp³-hybridized carbons (Fsp3) is 0.429. The number of isocyanates is 1. The highest BCUT2D eigenvalue weighted by Crippen LogP contribution is 2.12. The van der Waals surface area contributed by atoms with E-state index >= 15 is 0 Å². The standard InChI is InChI=1S/C7H8ClN3O/c1-11-4-10-7(8)6(11)2-3-9-5-12/h4H,2-3H2,1H3. The summed E-state index contributed by atoms with van der Waals surface area (Å²) >= 11 is 5.75. The predicted octanol–water partition coefficient (Wildman–Crippen LogP) is 0.952. The molecule has 1 aromatic heterocycles. The van der Waals surface area contributed by atoms with E-state index in [0.29, 0.717) is 18.1 Å². The largest absolute Gasteiger partial charge is 0.336 e. The van der Waals surface area contributed by atoms with Crippen LogP contribution in [0.25, 0.3) is 0 Å². The first-order valence-corrected chi connectivity index (χ1v) is 3.83. The van der Waals surface area contributed by atoms with Crippen molar-refractivity contribution in [3.8, 4) is 0 Å². The molecule has 1 rings (SSSR count). The summed E-state index contributed by atoms with van der Waals surface area (Å²) < 4.78 is 1.81. The van der Waals surface area contributed by atoms with E-state index in [2.05, 4.69) is 9.98 Å². The Morgan fingerprint density at radius 2 is 2.58 bits per heavy atom. The summed E-state index contributed by atoms with van der Waals surface area (Å²) in [4.78, 5) is 17.1. The average Bonchev–Trinajstić information content (AvgIpc) is 2.35. The number of hydrogen-bond acceptors (Lipinski definition) is 3. The predicted molar refractivity (Wildman–Crippen MR) is 44.9 cm³/mol. The molecule has 0 aliphatic carbocycles. The van der Waals surface area contributed by atoms with E-state index in [-0.39, 0.29) is 0 Å². The molecule has 0 N–H and O–H groups in total. The lowest BCUT2D eigenvalue weighted by Crippen LogP contribution is -1.97. The van der Waals surface area contributed by atoms with Crippen LogP contribution in [0.4, 0.5) is 0 Å². The topological polar surface area (TPSA) is 47.2 Å². The van der Waals surface area contributed by atoms with Gasteiger partial charge in [0.1, 0.15) is 5.15 Å². The molecule has 1 heterocycles. The van der Waals surface area contributed by atoms with Crippen LogP contribution in [0.3, 0.4) is 0 Å². The van der Waals surface area contributed by atoms with E-state index in [1.165, 1.54) is 6.08 Å². The highest BCUT2D eigenvalue weighted by Gasteiger charge is 2.04. The second-order valence-electron chi connectivity index (χ2n) is 2.32. The number of aliphatic imine (C=N–C) groups is 1. The van der Waals surface area contributed by atoms with Gasteiger partial charge in [-0.3, -0.25) is 0 Å². The van der Waals surface area contributed by atoms with Crippen molar-refractivity contribution in [1.29, 1.82) is 0 Å². The first kappa shape index (κ1) is 8.97. The van der Waals surface area contributed by atoms with Crippen LogP contribution in [0, 0.1) is 0 Å². The minimum Gasteiger partial charge on any atom is -0.336 e. The molecule has 12 heavy (non-hydrogen) atoms. The Labute approximate surface area is 74.9 Å². The molecule has 0 aliphatic rings. The maximum atomic E-state index is 9.76. The molecule has 0 aliphatic heterocycles. The monoisotopic (exact) mass is 185 g/mol. The molecule has 4 nitrogen and oxygen atoms in total. The van der Waals surface area contributed by atoms with Crippen LogP contribution in [0.5, 0.6) is 0 Å². The third-order valence-corrected chi connectivity index (χ3v) is 1.85. The Hall–Kier alpha value is -1.12. The van der Waals surface area contributed by atoms with E-state index in [1.54, 1.807) is 6.33 Å². The second kappa shape index (κ2) is 4.04. The molecule has 0 spiro atoms. The zero-order valence-electron chi connectivity index (χ0n) is 6.62. The van der Waals surface area contributed by atoms with Gasteiger partial charge >= 0.3 is 0 Å². The van der Waals surface area contributed by atoms with Crippen LogP contribution < -0.4 is 0 Å².